The Bertz CT molecular complexity index is 537. The van der Waals surface area contributed by atoms with Crippen LogP contribution in [-0.4, -0.2) is 18.6 Å². The maximum Gasteiger partial charge on any atom is 0.157 e. The molecule has 22 heavy (non-hydrogen) atoms. The minimum Gasteiger partial charge on any atom is -0.486 e. The molecule has 2 aromatic carbocycles. The van der Waals surface area contributed by atoms with Gasteiger partial charge in [-0.05, 0) is 54.8 Å². The van der Waals surface area contributed by atoms with Crippen LogP contribution in [0.2, 0.25) is 0 Å². The highest BCUT2D eigenvalue weighted by Crippen LogP contribution is 2.22. The van der Waals surface area contributed by atoms with E-state index in [4.69, 9.17) is 4.74 Å². The summed E-state index contributed by atoms with van der Waals surface area (Å²) in [6, 6.07) is 18.6. The molecule has 0 radical (unpaired) electrons. The number of ether oxygens (including phenoxy) is 1. The predicted molar refractivity (Wildman–Crippen MR) is 92.7 cm³/mol. The Morgan fingerprint density at radius 3 is 2.41 bits per heavy atom. The number of aldehydes is 1. The molecular formula is C19H22O2S. The van der Waals surface area contributed by atoms with Gasteiger partial charge >= 0.3 is 0 Å². The fourth-order valence-corrected chi connectivity index (χ4v) is 3.12. The second kappa shape index (κ2) is 10.1. The summed E-state index contributed by atoms with van der Waals surface area (Å²) in [7, 11) is 0. The zero-order chi connectivity index (χ0) is 15.5. The van der Waals surface area contributed by atoms with Gasteiger partial charge in [0.25, 0.3) is 0 Å². The minimum absolute atomic E-state index is 0.119. The van der Waals surface area contributed by atoms with Crippen molar-refractivity contribution in [3.63, 3.8) is 0 Å². The summed E-state index contributed by atoms with van der Waals surface area (Å²) >= 11 is 1.87. The zero-order valence-corrected chi connectivity index (χ0v) is 13.6. The lowest BCUT2D eigenvalue weighted by molar-refractivity contribution is -0.109. The first kappa shape index (κ1) is 16.6. The number of thioether (sulfide) groups is 1. The van der Waals surface area contributed by atoms with E-state index in [1.54, 1.807) is 0 Å². The van der Waals surface area contributed by atoms with Gasteiger partial charge in [-0.3, -0.25) is 4.79 Å². The maximum absolute atomic E-state index is 10.2. The molecule has 0 saturated carbocycles. The largest absolute Gasteiger partial charge is 0.486 e. The molecule has 0 heterocycles. The lowest BCUT2D eigenvalue weighted by atomic mass is 10.1. The molecule has 0 aliphatic rings. The molecular weight excluding hydrogens is 292 g/mol. The Kier molecular flexibility index (Phi) is 7.61. The van der Waals surface area contributed by atoms with Gasteiger partial charge in [0.1, 0.15) is 12.4 Å². The monoisotopic (exact) mass is 314 g/mol. The van der Waals surface area contributed by atoms with E-state index in [9.17, 15) is 4.79 Å². The molecule has 0 saturated heterocycles. The van der Waals surface area contributed by atoms with Gasteiger partial charge in [-0.1, -0.05) is 36.8 Å². The van der Waals surface area contributed by atoms with E-state index in [0.717, 1.165) is 17.8 Å². The number of benzene rings is 2. The Labute approximate surface area is 136 Å². The van der Waals surface area contributed by atoms with Crippen LogP contribution in [-0.2, 0) is 11.2 Å². The van der Waals surface area contributed by atoms with E-state index in [1.165, 1.54) is 36.1 Å². The first-order valence-corrected chi connectivity index (χ1v) is 8.70. The van der Waals surface area contributed by atoms with Crippen LogP contribution in [0, 0.1) is 0 Å². The number of carbonyl (C=O) groups excluding carboxylic acids is 1. The molecule has 0 aliphatic heterocycles. The SMILES string of the molecule is O=CCOc1ccc(SCCCCCc2ccccc2)cc1. The third-order valence-electron chi connectivity index (χ3n) is 3.36. The van der Waals surface area contributed by atoms with Crippen LogP contribution in [0.4, 0.5) is 0 Å². The van der Waals surface area contributed by atoms with Crippen LogP contribution < -0.4 is 4.74 Å². The molecule has 0 amide bonds. The van der Waals surface area contributed by atoms with Gasteiger partial charge in [-0.25, -0.2) is 0 Å². The van der Waals surface area contributed by atoms with Gasteiger partial charge in [0.05, 0.1) is 0 Å². The number of rotatable bonds is 10. The Balaban J connectivity index is 1.57. The Morgan fingerprint density at radius 2 is 1.68 bits per heavy atom. The van der Waals surface area contributed by atoms with Crippen molar-refractivity contribution < 1.29 is 9.53 Å². The topological polar surface area (TPSA) is 26.3 Å². The van der Waals surface area contributed by atoms with Crippen molar-refractivity contribution in [2.75, 3.05) is 12.4 Å². The van der Waals surface area contributed by atoms with E-state index in [2.05, 4.69) is 42.5 Å². The zero-order valence-electron chi connectivity index (χ0n) is 12.7. The van der Waals surface area contributed by atoms with Gasteiger partial charge in [0.2, 0.25) is 0 Å². The highest BCUT2D eigenvalue weighted by molar-refractivity contribution is 7.99. The summed E-state index contributed by atoms with van der Waals surface area (Å²) in [6.07, 6.45) is 5.69. The van der Waals surface area contributed by atoms with Crippen LogP contribution in [0.25, 0.3) is 0 Å². The molecule has 0 aromatic heterocycles. The molecule has 3 heteroatoms. The third kappa shape index (κ3) is 6.35. The lowest BCUT2D eigenvalue weighted by Crippen LogP contribution is -1.96. The lowest BCUT2D eigenvalue weighted by Gasteiger charge is -2.05. The molecule has 2 nitrogen and oxygen atoms in total. The summed E-state index contributed by atoms with van der Waals surface area (Å²) in [5.74, 6) is 1.89. The number of hydrogen-bond acceptors (Lipinski definition) is 3. The van der Waals surface area contributed by atoms with E-state index in [1.807, 2.05) is 23.9 Å². The van der Waals surface area contributed by atoms with Crippen LogP contribution in [0.1, 0.15) is 24.8 Å². The van der Waals surface area contributed by atoms with Gasteiger partial charge in [-0.15, -0.1) is 11.8 Å². The van der Waals surface area contributed by atoms with Crippen LogP contribution >= 0.6 is 11.8 Å². The first-order chi connectivity index (χ1) is 10.9. The summed E-state index contributed by atoms with van der Waals surface area (Å²) in [5.41, 5.74) is 1.43. The molecule has 0 N–H and O–H groups in total. The quantitative estimate of drug-likeness (QED) is 0.359. The average molecular weight is 314 g/mol. The van der Waals surface area contributed by atoms with Gasteiger partial charge in [0.15, 0.2) is 6.29 Å². The van der Waals surface area contributed by atoms with Gasteiger partial charge < -0.3 is 4.74 Å². The number of hydrogen-bond donors (Lipinski definition) is 0. The molecule has 116 valence electrons. The summed E-state index contributed by atoms with van der Waals surface area (Å²) in [5, 5.41) is 0. The van der Waals surface area contributed by atoms with Crippen molar-refractivity contribution in [2.45, 2.75) is 30.6 Å². The van der Waals surface area contributed by atoms with Gasteiger partial charge in [0, 0.05) is 4.90 Å². The summed E-state index contributed by atoms with van der Waals surface area (Å²) < 4.78 is 5.23. The number of carbonyl (C=O) groups is 1. The second-order valence-electron chi connectivity index (χ2n) is 5.09. The van der Waals surface area contributed by atoms with Crippen LogP contribution in [0.3, 0.4) is 0 Å². The van der Waals surface area contributed by atoms with Crippen molar-refractivity contribution in [1.82, 2.24) is 0 Å². The van der Waals surface area contributed by atoms with Crippen molar-refractivity contribution in [2.24, 2.45) is 0 Å². The summed E-state index contributed by atoms with van der Waals surface area (Å²) in [4.78, 5) is 11.5. The smallest absolute Gasteiger partial charge is 0.157 e. The molecule has 2 aromatic rings. The second-order valence-corrected chi connectivity index (χ2v) is 6.26. The third-order valence-corrected chi connectivity index (χ3v) is 4.46. The van der Waals surface area contributed by atoms with E-state index in [0.29, 0.717) is 0 Å². The van der Waals surface area contributed by atoms with Crippen LogP contribution in [0.15, 0.2) is 59.5 Å². The van der Waals surface area contributed by atoms with E-state index < -0.39 is 0 Å². The number of aryl methyl sites for hydroxylation is 1. The minimum atomic E-state index is 0.119. The fraction of sp³-hybridized carbons (Fsp3) is 0.316. The van der Waals surface area contributed by atoms with E-state index >= 15 is 0 Å². The van der Waals surface area contributed by atoms with Crippen molar-refractivity contribution in [3.05, 3.63) is 60.2 Å². The molecule has 0 aliphatic carbocycles. The fourth-order valence-electron chi connectivity index (χ4n) is 2.20. The summed E-state index contributed by atoms with van der Waals surface area (Å²) in [6.45, 7) is 0.119. The predicted octanol–water partition coefficient (Wildman–Crippen LogP) is 4.77. The van der Waals surface area contributed by atoms with Gasteiger partial charge in [-0.2, -0.15) is 0 Å². The highest BCUT2D eigenvalue weighted by atomic mass is 32.2. The first-order valence-electron chi connectivity index (χ1n) is 7.72. The molecule has 2 rings (SSSR count). The highest BCUT2D eigenvalue weighted by Gasteiger charge is 1.97. The Hall–Kier alpha value is -1.74. The van der Waals surface area contributed by atoms with E-state index in [-0.39, 0.29) is 6.61 Å². The average Bonchev–Trinajstić information content (AvgIpc) is 2.58. The van der Waals surface area contributed by atoms with Crippen molar-refractivity contribution in [1.29, 1.82) is 0 Å². The van der Waals surface area contributed by atoms with Crippen molar-refractivity contribution >= 4 is 18.0 Å². The molecule has 0 unspecified atom stereocenters. The Morgan fingerprint density at radius 1 is 0.909 bits per heavy atom. The molecule has 0 fully saturated rings. The van der Waals surface area contributed by atoms with Crippen molar-refractivity contribution in [3.8, 4) is 5.75 Å². The normalized spacial score (nSPS) is 10.4. The van der Waals surface area contributed by atoms with Crippen LogP contribution in [0.5, 0.6) is 5.75 Å². The number of unbranched alkanes of at least 4 members (excludes halogenated alkanes) is 2. The molecule has 0 bridgehead atoms. The molecule has 0 atom stereocenters. The molecule has 0 spiro atoms. The standard InChI is InChI=1S/C19H22O2S/c20-14-15-21-18-10-12-19(13-11-18)22-16-6-2-5-9-17-7-3-1-4-8-17/h1,3-4,7-8,10-14H,2,5-6,9,15-16H2. The maximum atomic E-state index is 10.2.